The van der Waals surface area contributed by atoms with E-state index in [2.05, 4.69) is 69.4 Å². The van der Waals surface area contributed by atoms with Gasteiger partial charge in [-0.15, -0.1) is 0 Å². The van der Waals surface area contributed by atoms with Gasteiger partial charge in [0, 0.05) is 19.4 Å². The maximum absolute atomic E-state index is 10.3. The Morgan fingerprint density at radius 3 is 0.746 bits per heavy atom. The third kappa shape index (κ3) is 74.5. The molecule has 0 fully saturated rings. The monoisotopic (exact) mass is 887 g/mol. The number of hydrogen-bond acceptors (Lipinski definition) is 3. The van der Waals surface area contributed by atoms with Crippen LogP contribution in [-0.2, 0) is 9.59 Å². The molecule has 5 heteroatoms. The predicted octanol–water partition coefficient (Wildman–Crippen LogP) is 19.6. The van der Waals surface area contributed by atoms with Crippen LogP contribution in [-0.4, -0.2) is 33.9 Å². The molecule has 0 aliphatic heterocycles. The zero-order valence-electron chi connectivity index (χ0n) is 42.6. The van der Waals surface area contributed by atoms with E-state index in [1.54, 1.807) is 0 Å². The summed E-state index contributed by atoms with van der Waals surface area (Å²) in [6, 6.07) is 0. The Labute approximate surface area is 393 Å². The van der Waals surface area contributed by atoms with Crippen molar-refractivity contribution >= 4 is 11.9 Å². The van der Waals surface area contributed by atoms with E-state index in [4.69, 9.17) is 15.3 Å². The Morgan fingerprint density at radius 2 is 0.492 bits per heavy atom. The molecule has 0 bridgehead atoms. The molecule has 0 saturated carbocycles. The van der Waals surface area contributed by atoms with Crippen LogP contribution in [0.2, 0.25) is 0 Å². The lowest BCUT2D eigenvalue weighted by Crippen LogP contribution is -1.93. The molecule has 5 nitrogen and oxygen atoms in total. The van der Waals surface area contributed by atoms with Crippen LogP contribution in [0, 0.1) is 0 Å². The fourth-order valence-corrected chi connectivity index (χ4v) is 7.54. The maximum atomic E-state index is 10.3. The van der Waals surface area contributed by atoms with Gasteiger partial charge in [-0.25, -0.2) is 0 Å². The van der Waals surface area contributed by atoms with Gasteiger partial charge in [-0.1, -0.05) is 256 Å². The summed E-state index contributed by atoms with van der Waals surface area (Å²) in [5, 5.41) is 25.7. The highest BCUT2D eigenvalue weighted by atomic mass is 16.4. The largest absolute Gasteiger partial charge is 0.481 e. The van der Waals surface area contributed by atoms with Crippen LogP contribution in [0.5, 0.6) is 0 Å². The van der Waals surface area contributed by atoms with Crippen LogP contribution < -0.4 is 0 Å². The third-order valence-electron chi connectivity index (χ3n) is 11.7. The minimum absolute atomic E-state index is 0.324. The van der Waals surface area contributed by atoms with Gasteiger partial charge in [0.25, 0.3) is 0 Å². The van der Waals surface area contributed by atoms with E-state index in [1.807, 2.05) is 0 Å². The summed E-state index contributed by atoms with van der Waals surface area (Å²) in [4.78, 5) is 20.6. The Morgan fingerprint density at radius 1 is 0.286 bits per heavy atom. The van der Waals surface area contributed by atoms with Gasteiger partial charge in [0.15, 0.2) is 0 Å². The lowest BCUT2D eigenvalue weighted by atomic mass is 10.0. The molecule has 0 radical (unpaired) electrons. The zero-order valence-corrected chi connectivity index (χ0v) is 42.6. The van der Waals surface area contributed by atoms with Crippen molar-refractivity contribution in [1.29, 1.82) is 0 Å². The average molecular weight is 888 g/mol. The number of allylic oxidation sites excluding steroid dienone is 8. The van der Waals surface area contributed by atoms with E-state index >= 15 is 0 Å². The van der Waals surface area contributed by atoms with E-state index in [9.17, 15) is 9.59 Å². The van der Waals surface area contributed by atoms with Crippen molar-refractivity contribution in [2.24, 2.45) is 0 Å². The molecular weight excluding hydrogens is 777 g/mol. The summed E-state index contributed by atoms with van der Waals surface area (Å²) in [5.41, 5.74) is 0. The lowest BCUT2D eigenvalue weighted by molar-refractivity contribution is -0.138. The molecule has 0 spiro atoms. The quantitative estimate of drug-likeness (QED) is 0.0418. The highest BCUT2D eigenvalue weighted by Gasteiger charge is 1.98. The molecule has 0 aromatic heterocycles. The van der Waals surface area contributed by atoms with E-state index in [-0.39, 0.29) is 0 Å². The Hall–Kier alpha value is -2.14. The number of hydrogen-bond donors (Lipinski definition) is 3. The maximum Gasteiger partial charge on any atom is 0.303 e. The predicted molar refractivity (Wildman–Crippen MR) is 279 cm³/mol. The number of unbranched alkanes of at least 4 members (excludes halogenated alkanes) is 35. The van der Waals surface area contributed by atoms with Gasteiger partial charge in [-0.3, -0.25) is 9.59 Å². The summed E-state index contributed by atoms with van der Waals surface area (Å²) < 4.78 is 0. The summed E-state index contributed by atoms with van der Waals surface area (Å²) in [7, 11) is 0. The summed E-state index contributed by atoms with van der Waals surface area (Å²) in [6.45, 7) is 7.14. The van der Waals surface area contributed by atoms with Crippen molar-refractivity contribution in [3.05, 3.63) is 48.6 Å². The first-order chi connectivity index (χ1) is 31.0. The Bertz CT molecular complexity index is 890. The lowest BCUT2D eigenvalue weighted by Gasteiger charge is -2.03. The first kappa shape index (κ1) is 65.1. The molecular formula is C58H110O5. The molecule has 372 valence electrons. The molecule has 0 amide bonds. The molecule has 0 rings (SSSR count). The molecule has 63 heavy (non-hydrogen) atoms. The van der Waals surface area contributed by atoms with Gasteiger partial charge in [-0.05, 0) is 83.5 Å². The van der Waals surface area contributed by atoms with Crippen molar-refractivity contribution in [3.8, 4) is 0 Å². The highest BCUT2D eigenvalue weighted by Crippen LogP contribution is 2.15. The first-order valence-corrected chi connectivity index (χ1v) is 27.6. The first-order valence-electron chi connectivity index (χ1n) is 27.6. The number of carboxylic acid groups (broad SMARTS) is 2. The van der Waals surface area contributed by atoms with Crippen molar-refractivity contribution in [2.45, 2.75) is 303 Å². The van der Waals surface area contributed by atoms with Gasteiger partial charge < -0.3 is 15.3 Å². The van der Waals surface area contributed by atoms with Crippen molar-refractivity contribution < 1.29 is 24.9 Å². The standard InChI is InChI=1S/C22H46O.2C18H32O2/c1-2-3-4-5-6-7-8-9-10-11-12-13-14-15-16-17-18-19-20-21-22-23;2*1-2-3-4-5-6-7-8-9-10-11-12-13-14-15-16-17-18(19)20/h23H,2-22H2,1H3;2*6-7,9-10H,2-5,8,11-17H2,1H3,(H,19,20)/b;2*7-6-,10-9-. The van der Waals surface area contributed by atoms with E-state index in [0.29, 0.717) is 19.4 Å². The molecule has 0 aromatic rings. The van der Waals surface area contributed by atoms with Crippen LogP contribution in [0.25, 0.3) is 0 Å². The number of aliphatic hydroxyl groups excluding tert-OH is 1. The second-order valence-electron chi connectivity index (χ2n) is 18.2. The molecule has 0 atom stereocenters. The van der Waals surface area contributed by atoms with Gasteiger partial charge in [0.2, 0.25) is 0 Å². The van der Waals surface area contributed by atoms with Gasteiger partial charge in [0.1, 0.15) is 0 Å². The third-order valence-corrected chi connectivity index (χ3v) is 11.7. The van der Waals surface area contributed by atoms with Gasteiger partial charge in [-0.2, -0.15) is 0 Å². The smallest absolute Gasteiger partial charge is 0.303 e. The van der Waals surface area contributed by atoms with Crippen molar-refractivity contribution in [3.63, 3.8) is 0 Å². The minimum atomic E-state index is -0.671. The number of carboxylic acids is 2. The number of aliphatic carboxylic acids is 2. The van der Waals surface area contributed by atoms with E-state index < -0.39 is 11.9 Å². The second kappa shape index (κ2) is 64.1. The normalized spacial score (nSPS) is 11.5. The van der Waals surface area contributed by atoms with Crippen molar-refractivity contribution in [2.75, 3.05) is 6.61 Å². The number of rotatable bonds is 48. The van der Waals surface area contributed by atoms with Crippen molar-refractivity contribution in [1.82, 2.24) is 0 Å². The summed E-state index contributed by atoms with van der Waals surface area (Å²) in [5.74, 6) is -1.34. The fourth-order valence-electron chi connectivity index (χ4n) is 7.54. The molecule has 0 aliphatic carbocycles. The molecule has 0 saturated heterocycles. The minimum Gasteiger partial charge on any atom is -0.481 e. The van der Waals surface area contributed by atoms with Crippen LogP contribution in [0.4, 0.5) is 0 Å². The Balaban J connectivity index is -0.000000860. The topological polar surface area (TPSA) is 94.8 Å². The van der Waals surface area contributed by atoms with E-state index in [1.165, 1.54) is 212 Å². The number of carbonyl (C=O) groups is 2. The second-order valence-corrected chi connectivity index (χ2v) is 18.2. The fraction of sp³-hybridized carbons (Fsp3) is 0.828. The molecule has 0 aromatic carbocycles. The number of aliphatic hydroxyl groups is 1. The SMILES string of the molecule is CCCCC/C=C\C/C=C\CCCCCCCC(=O)O.CCCCC/C=C\C/C=C\CCCCCCCC(=O)O.CCCCCCCCCCCCCCCCCCCCCCO. The average Bonchev–Trinajstić information content (AvgIpc) is 3.27. The molecule has 0 heterocycles. The molecule has 3 N–H and O–H groups in total. The van der Waals surface area contributed by atoms with E-state index in [0.717, 1.165) is 57.8 Å². The van der Waals surface area contributed by atoms with Crippen LogP contribution in [0.1, 0.15) is 303 Å². The summed E-state index contributed by atoms with van der Waals surface area (Å²) in [6.07, 6.45) is 72.7. The molecule has 0 aliphatic rings. The highest BCUT2D eigenvalue weighted by molar-refractivity contribution is 5.66. The molecule has 0 unspecified atom stereocenters. The van der Waals surface area contributed by atoms with Crippen LogP contribution in [0.15, 0.2) is 48.6 Å². The van der Waals surface area contributed by atoms with Gasteiger partial charge >= 0.3 is 11.9 Å². The van der Waals surface area contributed by atoms with Crippen LogP contribution >= 0.6 is 0 Å². The Kier molecular flexibility index (Phi) is 66.3. The summed E-state index contributed by atoms with van der Waals surface area (Å²) >= 11 is 0. The zero-order chi connectivity index (χ0) is 46.6. The van der Waals surface area contributed by atoms with Crippen LogP contribution in [0.3, 0.4) is 0 Å². The van der Waals surface area contributed by atoms with Gasteiger partial charge in [0.05, 0.1) is 0 Å².